The lowest BCUT2D eigenvalue weighted by atomic mass is 10.1. The maximum Gasteiger partial charge on any atom is 0.271 e. The number of nitrogen functional groups attached to an aromatic ring is 1. The molecule has 0 atom stereocenters. The highest BCUT2D eigenvalue weighted by Gasteiger charge is 2.14. The molecule has 88 valence electrons. The number of carbonyl (C=O) groups excluding carboxylic acids is 1. The van der Waals surface area contributed by atoms with E-state index in [1.807, 2.05) is 0 Å². The molecule has 17 heavy (non-hydrogen) atoms. The Morgan fingerprint density at radius 1 is 1.41 bits per heavy atom. The van der Waals surface area contributed by atoms with E-state index >= 15 is 0 Å². The van der Waals surface area contributed by atoms with Crippen molar-refractivity contribution in [3.8, 4) is 5.75 Å². The molecule has 1 aromatic carbocycles. The normalized spacial score (nSPS) is 10.5. The van der Waals surface area contributed by atoms with Crippen molar-refractivity contribution in [2.24, 2.45) is 5.73 Å². The van der Waals surface area contributed by atoms with Gasteiger partial charge in [-0.05, 0) is 22.0 Å². The number of nitrogens with two attached hydrogens (primary N) is 2. The maximum atomic E-state index is 11.1. The van der Waals surface area contributed by atoms with Gasteiger partial charge in [-0.25, -0.2) is 0 Å². The van der Waals surface area contributed by atoms with Gasteiger partial charge in [-0.1, -0.05) is 0 Å². The molecule has 0 unspecified atom stereocenters. The molecule has 2 aromatic rings. The minimum absolute atomic E-state index is 0.0328. The van der Waals surface area contributed by atoms with Gasteiger partial charge in [-0.3, -0.25) is 4.79 Å². The zero-order valence-corrected chi connectivity index (χ0v) is 10.5. The summed E-state index contributed by atoms with van der Waals surface area (Å²) in [6, 6.07) is 3.39. The predicted molar refractivity (Wildman–Crippen MR) is 66.7 cm³/mol. The van der Waals surface area contributed by atoms with Crippen molar-refractivity contribution in [2.75, 3.05) is 12.8 Å². The molecule has 4 N–H and O–H groups in total. The van der Waals surface area contributed by atoms with Gasteiger partial charge >= 0.3 is 0 Å². The average molecular weight is 297 g/mol. The van der Waals surface area contributed by atoms with Crippen molar-refractivity contribution in [1.82, 2.24) is 10.2 Å². The average Bonchev–Trinajstić information content (AvgIpc) is 2.29. The number of ether oxygens (including phenoxy) is 1. The third-order valence-electron chi connectivity index (χ3n) is 2.31. The Hall–Kier alpha value is -1.89. The summed E-state index contributed by atoms with van der Waals surface area (Å²) >= 11 is 3.33. The molecule has 0 fully saturated rings. The molecule has 0 aliphatic carbocycles. The van der Waals surface area contributed by atoms with Gasteiger partial charge in [0.05, 0.1) is 22.8 Å². The lowest BCUT2D eigenvalue weighted by Gasteiger charge is -2.08. The second-order valence-electron chi connectivity index (χ2n) is 3.33. The molecule has 0 saturated carbocycles. The predicted octanol–water partition coefficient (Wildman–Crippen LogP) is 1.08. The highest BCUT2D eigenvalue weighted by Crippen LogP contribution is 2.32. The summed E-state index contributed by atoms with van der Waals surface area (Å²) < 4.78 is 5.83. The molecule has 0 spiro atoms. The second kappa shape index (κ2) is 4.17. The van der Waals surface area contributed by atoms with E-state index < -0.39 is 5.91 Å². The molecule has 0 aliphatic rings. The monoisotopic (exact) mass is 296 g/mol. The van der Waals surface area contributed by atoms with Crippen LogP contribution in [-0.4, -0.2) is 23.2 Å². The zero-order valence-electron chi connectivity index (χ0n) is 8.90. The Morgan fingerprint density at radius 2 is 2.12 bits per heavy atom. The molecular weight excluding hydrogens is 288 g/mol. The molecule has 0 saturated heterocycles. The Kier molecular flexibility index (Phi) is 2.84. The molecular formula is C10H9BrN4O2. The van der Waals surface area contributed by atoms with Crippen molar-refractivity contribution in [3.05, 3.63) is 22.3 Å². The molecule has 1 aromatic heterocycles. The Balaban J connectivity index is 2.78. The summed E-state index contributed by atoms with van der Waals surface area (Å²) in [6.07, 6.45) is 0. The molecule has 2 rings (SSSR count). The van der Waals surface area contributed by atoms with Crippen LogP contribution in [0.1, 0.15) is 10.5 Å². The lowest BCUT2D eigenvalue weighted by molar-refractivity contribution is 0.0996. The maximum absolute atomic E-state index is 11.1. The highest BCUT2D eigenvalue weighted by atomic mass is 79.9. The first-order chi connectivity index (χ1) is 8.04. The highest BCUT2D eigenvalue weighted by molar-refractivity contribution is 9.10. The number of nitrogens with zero attached hydrogens (tertiary/aromatic N) is 2. The van der Waals surface area contributed by atoms with Crippen LogP contribution in [0, 0.1) is 0 Å². The number of fused-ring (bicyclic) bond motifs is 1. The van der Waals surface area contributed by atoms with E-state index in [4.69, 9.17) is 16.2 Å². The van der Waals surface area contributed by atoms with Crippen LogP contribution in [0.25, 0.3) is 10.9 Å². The molecule has 0 radical (unpaired) electrons. The van der Waals surface area contributed by atoms with Gasteiger partial charge in [0.2, 0.25) is 0 Å². The molecule has 0 bridgehead atoms. The van der Waals surface area contributed by atoms with Crippen LogP contribution in [0.15, 0.2) is 16.6 Å². The van der Waals surface area contributed by atoms with Crippen molar-refractivity contribution < 1.29 is 9.53 Å². The smallest absolute Gasteiger partial charge is 0.271 e. The summed E-state index contributed by atoms with van der Waals surface area (Å²) in [5.41, 5.74) is 11.7. The van der Waals surface area contributed by atoms with Gasteiger partial charge < -0.3 is 16.2 Å². The van der Waals surface area contributed by atoms with Gasteiger partial charge in [0.25, 0.3) is 5.91 Å². The molecule has 1 amide bonds. The summed E-state index contributed by atoms with van der Waals surface area (Å²) in [4.78, 5) is 11.1. The number of rotatable bonds is 2. The number of aromatic nitrogens is 2. The van der Waals surface area contributed by atoms with E-state index in [1.165, 1.54) is 0 Å². The van der Waals surface area contributed by atoms with Gasteiger partial charge in [0.15, 0.2) is 5.69 Å². The van der Waals surface area contributed by atoms with E-state index in [-0.39, 0.29) is 11.4 Å². The summed E-state index contributed by atoms with van der Waals surface area (Å²) in [7, 11) is 1.54. The lowest BCUT2D eigenvalue weighted by Crippen LogP contribution is -2.16. The molecule has 7 heteroatoms. The quantitative estimate of drug-likeness (QED) is 0.863. The molecule has 1 heterocycles. The van der Waals surface area contributed by atoms with E-state index in [0.717, 1.165) is 0 Å². The fourth-order valence-electron chi connectivity index (χ4n) is 1.46. The third-order valence-corrected chi connectivity index (χ3v) is 2.93. The van der Waals surface area contributed by atoms with Crippen molar-refractivity contribution in [2.45, 2.75) is 0 Å². The van der Waals surface area contributed by atoms with E-state index in [2.05, 4.69) is 26.1 Å². The number of amides is 1. The SMILES string of the molecule is COc1cc2nnc(C(N)=O)c(N)c2cc1Br. The van der Waals surface area contributed by atoms with E-state index in [1.54, 1.807) is 19.2 Å². The number of primary amides is 1. The van der Waals surface area contributed by atoms with Crippen LogP contribution >= 0.6 is 15.9 Å². The van der Waals surface area contributed by atoms with Gasteiger partial charge in [0, 0.05) is 11.5 Å². The van der Waals surface area contributed by atoms with Crippen molar-refractivity contribution in [1.29, 1.82) is 0 Å². The first-order valence-corrected chi connectivity index (χ1v) is 5.43. The topological polar surface area (TPSA) is 104 Å². The zero-order chi connectivity index (χ0) is 12.6. The summed E-state index contributed by atoms with van der Waals surface area (Å²) in [5.74, 6) is -0.0955. The van der Waals surface area contributed by atoms with Crippen LogP contribution in [0.2, 0.25) is 0 Å². The fourth-order valence-corrected chi connectivity index (χ4v) is 1.97. The number of anilines is 1. The Morgan fingerprint density at radius 3 is 2.71 bits per heavy atom. The number of benzene rings is 1. The van der Waals surface area contributed by atoms with Gasteiger partial charge in [0.1, 0.15) is 5.75 Å². The van der Waals surface area contributed by atoms with Crippen LogP contribution in [0.4, 0.5) is 5.69 Å². The van der Waals surface area contributed by atoms with Crippen LogP contribution in [0.3, 0.4) is 0 Å². The van der Waals surface area contributed by atoms with Gasteiger partial charge in [-0.15, -0.1) is 10.2 Å². The largest absolute Gasteiger partial charge is 0.495 e. The standard InChI is InChI=1S/C10H9BrN4O2/c1-17-7-3-6-4(2-5(7)11)8(12)9(10(13)16)15-14-6/h2-3H,1H3,(H2,12,14)(H2,13,16). The van der Waals surface area contributed by atoms with E-state index in [9.17, 15) is 4.79 Å². The second-order valence-corrected chi connectivity index (χ2v) is 4.18. The van der Waals surface area contributed by atoms with Crippen LogP contribution in [-0.2, 0) is 0 Å². The first-order valence-electron chi connectivity index (χ1n) is 4.63. The Bertz CT molecular complexity index is 615. The van der Waals surface area contributed by atoms with Crippen molar-refractivity contribution >= 4 is 38.4 Å². The fraction of sp³-hybridized carbons (Fsp3) is 0.100. The van der Waals surface area contributed by atoms with Crippen LogP contribution in [0.5, 0.6) is 5.75 Å². The molecule has 0 aliphatic heterocycles. The van der Waals surface area contributed by atoms with Gasteiger partial charge in [-0.2, -0.15) is 0 Å². The van der Waals surface area contributed by atoms with Crippen molar-refractivity contribution in [3.63, 3.8) is 0 Å². The van der Waals surface area contributed by atoms with E-state index in [0.29, 0.717) is 21.1 Å². The number of hydrogen-bond donors (Lipinski definition) is 2. The number of hydrogen-bond acceptors (Lipinski definition) is 5. The summed E-state index contributed by atoms with van der Waals surface area (Å²) in [6.45, 7) is 0. The minimum Gasteiger partial charge on any atom is -0.495 e. The number of carbonyl (C=O) groups is 1. The first kappa shape index (κ1) is 11.6. The summed E-state index contributed by atoms with van der Waals surface area (Å²) in [5, 5.41) is 8.17. The Labute approximate surface area is 105 Å². The molecule has 6 nitrogen and oxygen atoms in total. The number of methoxy groups -OCH3 is 1. The minimum atomic E-state index is -0.705. The third kappa shape index (κ3) is 1.89. The van der Waals surface area contributed by atoms with Crippen LogP contribution < -0.4 is 16.2 Å². The number of halogens is 1.